The van der Waals surface area contributed by atoms with Crippen LogP contribution < -0.4 is 4.90 Å². The van der Waals surface area contributed by atoms with Gasteiger partial charge in [-0.3, -0.25) is 4.98 Å². The molecule has 0 aliphatic carbocycles. The normalized spacial score (nSPS) is 15.1. The molecule has 0 amide bonds. The maximum absolute atomic E-state index is 4.64. The Morgan fingerprint density at radius 3 is 2.88 bits per heavy atom. The van der Waals surface area contributed by atoms with Crippen LogP contribution in [0.15, 0.2) is 47.6 Å². The summed E-state index contributed by atoms with van der Waals surface area (Å²) >= 11 is 3.87. The predicted octanol–water partition coefficient (Wildman–Crippen LogP) is 4.72. The number of hydrogen-bond donors (Lipinski definition) is 1. The molecule has 4 rings (SSSR count). The SMILES string of the molecule is Cc1cnc(CSc2cc3ccccc3[nH]2)cc1N1CCSCC1. The number of H-pyrrole nitrogens is 1. The number of anilines is 1. The molecule has 1 saturated heterocycles. The number of fused-ring (bicyclic) bond motifs is 1. The van der Waals surface area contributed by atoms with Crippen LogP contribution >= 0.6 is 23.5 Å². The molecule has 1 aromatic carbocycles. The summed E-state index contributed by atoms with van der Waals surface area (Å²) in [6.07, 6.45) is 2.03. The molecule has 124 valence electrons. The minimum Gasteiger partial charge on any atom is -0.370 e. The number of pyridine rings is 1. The van der Waals surface area contributed by atoms with Crippen LogP contribution in [0.1, 0.15) is 11.3 Å². The summed E-state index contributed by atoms with van der Waals surface area (Å²) in [5.74, 6) is 3.34. The third-order valence-corrected chi connectivity index (χ3v) is 6.28. The number of nitrogens with one attached hydrogen (secondary N) is 1. The molecular weight excluding hydrogens is 334 g/mol. The quantitative estimate of drug-likeness (QED) is 0.687. The van der Waals surface area contributed by atoms with E-state index in [1.165, 1.54) is 38.7 Å². The summed E-state index contributed by atoms with van der Waals surface area (Å²) in [6, 6.07) is 12.9. The van der Waals surface area contributed by atoms with Crippen molar-refractivity contribution in [3.8, 4) is 0 Å². The zero-order chi connectivity index (χ0) is 16.4. The Hall–Kier alpha value is -1.59. The maximum Gasteiger partial charge on any atom is 0.0736 e. The largest absolute Gasteiger partial charge is 0.370 e. The van der Waals surface area contributed by atoms with Gasteiger partial charge < -0.3 is 9.88 Å². The van der Waals surface area contributed by atoms with Crippen molar-refractivity contribution >= 4 is 40.1 Å². The van der Waals surface area contributed by atoms with Crippen LogP contribution in [0.2, 0.25) is 0 Å². The highest BCUT2D eigenvalue weighted by atomic mass is 32.2. The summed E-state index contributed by atoms with van der Waals surface area (Å²) in [7, 11) is 0. The van der Waals surface area contributed by atoms with E-state index >= 15 is 0 Å². The standard InChI is InChI=1S/C19H21N3S2/c1-14-12-20-16(11-18(14)22-6-8-23-9-7-22)13-24-19-10-15-4-2-3-5-17(15)21-19/h2-5,10-12,21H,6-9,13H2,1H3. The van der Waals surface area contributed by atoms with Crippen LogP contribution in [0.3, 0.4) is 0 Å². The van der Waals surface area contributed by atoms with Crippen LogP contribution in [-0.4, -0.2) is 34.6 Å². The third-order valence-electron chi connectivity index (χ3n) is 4.36. The number of thioether (sulfide) groups is 2. The van der Waals surface area contributed by atoms with Crippen molar-refractivity contribution in [2.24, 2.45) is 0 Å². The highest BCUT2D eigenvalue weighted by Gasteiger charge is 2.14. The number of aromatic amines is 1. The summed E-state index contributed by atoms with van der Waals surface area (Å²) in [5.41, 5.74) is 4.99. The first-order valence-electron chi connectivity index (χ1n) is 8.28. The number of nitrogens with zero attached hydrogens (tertiary/aromatic N) is 2. The number of rotatable bonds is 4. The zero-order valence-corrected chi connectivity index (χ0v) is 15.4. The van der Waals surface area contributed by atoms with Gasteiger partial charge in [-0.25, -0.2) is 0 Å². The van der Waals surface area contributed by atoms with Gasteiger partial charge in [0.2, 0.25) is 0 Å². The summed E-state index contributed by atoms with van der Waals surface area (Å²) in [6.45, 7) is 4.45. The van der Waals surface area contributed by atoms with Crippen molar-refractivity contribution in [3.63, 3.8) is 0 Å². The highest BCUT2D eigenvalue weighted by Crippen LogP contribution is 2.28. The fraction of sp³-hybridized carbons (Fsp3) is 0.316. The minimum atomic E-state index is 0.892. The van der Waals surface area contributed by atoms with E-state index in [0.29, 0.717) is 0 Å². The van der Waals surface area contributed by atoms with Crippen molar-refractivity contribution in [1.82, 2.24) is 9.97 Å². The summed E-state index contributed by atoms with van der Waals surface area (Å²) < 4.78 is 0. The van der Waals surface area contributed by atoms with Gasteiger partial charge in [-0.1, -0.05) is 18.2 Å². The molecule has 0 atom stereocenters. The smallest absolute Gasteiger partial charge is 0.0736 e. The molecule has 1 aliphatic rings. The Morgan fingerprint density at radius 1 is 1.21 bits per heavy atom. The Morgan fingerprint density at radius 2 is 2.04 bits per heavy atom. The van der Waals surface area contributed by atoms with Crippen molar-refractivity contribution in [3.05, 3.63) is 53.9 Å². The second-order valence-electron chi connectivity index (χ2n) is 6.07. The number of aromatic nitrogens is 2. The van der Waals surface area contributed by atoms with Crippen molar-refractivity contribution < 1.29 is 0 Å². The third kappa shape index (κ3) is 3.42. The summed E-state index contributed by atoms with van der Waals surface area (Å²) in [5, 5.41) is 2.47. The molecule has 3 aromatic rings. The lowest BCUT2D eigenvalue weighted by molar-refractivity contribution is 0.850. The van der Waals surface area contributed by atoms with Gasteiger partial charge in [-0.15, -0.1) is 11.8 Å². The van der Waals surface area contributed by atoms with Gasteiger partial charge in [0.1, 0.15) is 0 Å². The van der Waals surface area contributed by atoms with Crippen LogP contribution in [0.25, 0.3) is 10.9 Å². The van der Waals surface area contributed by atoms with E-state index in [-0.39, 0.29) is 0 Å². The Bertz CT molecular complexity index is 804. The molecule has 1 N–H and O–H groups in total. The van der Waals surface area contributed by atoms with Crippen molar-refractivity contribution in [2.75, 3.05) is 29.5 Å². The lowest BCUT2D eigenvalue weighted by Crippen LogP contribution is -2.33. The van der Waals surface area contributed by atoms with E-state index in [4.69, 9.17) is 0 Å². The van der Waals surface area contributed by atoms with Gasteiger partial charge in [0, 0.05) is 53.1 Å². The van der Waals surface area contributed by atoms with Gasteiger partial charge in [-0.05, 0) is 30.7 Å². The van der Waals surface area contributed by atoms with E-state index in [9.17, 15) is 0 Å². The van der Waals surface area contributed by atoms with Crippen LogP contribution in [0.5, 0.6) is 0 Å². The number of benzene rings is 1. The molecule has 0 saturated carbocycles. The molecule has 24 heavy (non-hydrogen) atoms. The first-order valence-corrected chi connectivity index (χ1v) is 10.4. The van der Waals surface area contributed by atoms with E-state index in [2.05, 4.69) is 58.2 Å². The average molecular weight is 356 g/mol. The lowest BCUT2D eigenvalue weighted by Gasteiger charge is -2.30. The average Bonchev–Trinajstić information content (AvgIpc) is 3.05. The lowest BCUT2D eigenvalue weighted by atomic mass is 10.2. The van der Waals surface area contributed by atoms with Gasteiger partial charge in [0.05, 0.1) is 10.7 Å². The molecular formula is C19H21N3S2. The molecule has 0 spiro atoms. The van der Waals surface area contributed by atoms with E-state index in [0.717, 1.165) is 24.5 Å². The molecule has 0 radical (unpaired) electrons. The predicted molar refractivity (Wildman–Crippen MR) is 106 cm³/mol. The molecule has 3 heterocycles. The van der Waals surface area contributed by atoms with E-state index < -0.39 is 0 Å². The van der Waals surface area contributed by atoms with Crippen LogP contribution in [0.4, 0.5) is 5.69 Å². The van der Waals surface area contributed by atoms with Crippen molar-refractivity contribution in [2.45, 2.75) is 17.7 Å². The van der Waals surface area contributed by atoms with Crippen molar-refractivity contribution in [1.29, 1.82) is 0 Å². The minimum absolute atomic E-state index is 0.892. The number of para-hydroxylation sites is 1. The number of hydrogen-bond acceptors (Lipinski definition) is 4. The maximum atomic E-state index is 4.64. The molecule has 5 heteroatoms. The second-order valence-corrected chi connectivity index (χ2v) is 8.31. The van der Waals surface area contributed by atoms with E-state index in [1.807, 2.05) is 29.7 Å². The van der Waals surface area contributed by atoms with Crippen LogP contribution in [0, 0.1) is 6.92 Å². The van der Waals surface area contributed by atoms with Gasteiger partial charge in [0.25, 0.3) is 0 Å². The van der Waals surface area contributed by atoms with Gasteiger partial charge in [-0.2, -0.15) is 11.8 Å². The molecule has 0 unspecified atom stereocenters. The van der Waals surface area contributed by atoms with Crippen LogP contribution in [-0.2, 0) is 5.75 Å². The van der Waals surface area contributed by atoms with Gasteiger partial charge >= 0.3 is 0 Å². The Balaban J connectivity index is 1.49. The second kappa shape index (κ2) is 7.11. The Kier molecular flexibility index (Phi) is 4.72. The van der Waals surface area contributed by atoms with Gasteiger partial charge in [0.15, 0.2) is 0 Å². The molecule has 0 bridgehead atoms. The summed E-state index contributed by atoms with van der Waals surface area (Å²) in [4.78, 5) is 10.6. The van der Waals surface area contributed by atoms with E-state index in [1.54, 1.807) is 0 Å². The first-order chi connectivity index (χ1) is 11.8. The fourth-order valence-electron chi connectivity index (χ4n) is 3.05. The fourth-order valence-corrected chi connectivity index (χ4v) is 4.81. The Labute approximate surface area is 151 Å². The molecule has 2 aromatic heterocycles. The topological polar surface area (TPSA) is 31.9 Å². The highest BCUT2D eigenvalue weighted by molar-refractivity contribution is 7.99. The number of aryl methyl sites for hydroxylation is 1. The monoisotopic (exact) mass is 355 g/mol. The zero-order valence-electron chi connectivity index (χ0n) is 13.8. The first kappa shape index (κ1) is 15.9. The molecule has 1 aliphatic heterocycles. The molecule has 3 nitrogen and oxygen atoms in total. The molecule has 1 fully saturated rings.